The van der Waals surface area contributed by atoms with E-state index in [0.717, 1.165) is 30.0 Å². The average Bonchev–Trinajstić information content (AvgIpc) is 3.28. The highest BCUT2D eigenvalue weighted by Gasteiger charge is 2.52. The lowest BCUT2D eigenvalue weighted by molar-refractivity contribution is 0.0392. The lowest BCUT2D eigenvalue weighted by atomic mass is 9.72. The first-order valence-electron chi connectivity index (χ1n) is 11.7. The van der Waals surface area contributed by atoms with Gasteiger partial charge in [-0.25, -0.2) is 9.97 Å². The smallest absolute Gasteiger partial charge is 0.259 e. The molecule has 2 aromatic carbocycles. The number of nitrogens with zero attached hydrogens (tertiary/aromatic N) is 6. The maximum Gasteiger partial charge on any atom is 0.259 e. The van der Waals surface area contributed by atoms with E-state index in [1.807, 2.05) is 59.0 Å². The first-order valence-corrected chi connectivity index (χ1v) is 11.7. The van der Waals surface area contributed by atoms with E-state index < -0.39 is 0 Å². The molecule has 9 nitrogen and oxygen atoms in total. The highest BCUT2D eigenvalue weighted by atomic mass is 16.5. The molecule has 0 saturated carbocycles. The lowest BCUT2D eigenvalue weighted by Crippen LogP contribution is -2.60. The molecule has 2 aromatic heterocycles. The van der Waals surface area contributed by atoms with E-state index in [0.29, 0.717) is 36.8 Å². The number of hydrogen-bond acceptors (Lipinski definition) is 7. The summed E-state index contributed by atoms with van der Waals surface area (Å²) in [4.78, 5) is 23.9. The maximum atomic E-state index is 13.7. The van der Waals surface area contributed by atoms with Crippen LogP contribution < -0.4 is 10.2 Å². The fourth-order valence-corrected chi connectivity index (χ4v) is 5.10. The zero-order valence-corrected chi connectivity index (χ0v) is 19.4. The number of para-hydroxylation sites is 1. The number of amides is 1. The number of hydrogen-bond donors (Lipinski definition) is 1. The molecule has 178 valence electrons. The molecule has 0 bridgehead atoms. The van der Waals surface area contributed by atoms with Crippen LogP contribution in [0.5, 0.6) is 0 Å². The highest BCUT2D eigenvalue weighted by molar-refractivity contribution is 6.11. The number of aromatic nitrogens is 5. The molecule has 2 aliphatic rings. The number of ether oxygens (including phenoxy) is 1. The second-order valence-electron chi connectivity index (χ2n) is 8.83. The van der Waals surface area contributed by atoms with Crippen LogP contribution in [0.25, 0.3) is 11.5 Å². The third kappa shape index (κ3) is 3.55. The Bertz CT molecular complexity index is 1390. The molecular formula is C26H27N7O2. The van der Waals surface area contributed by atoms with Crippen LogP contribution in [0.3, 0.4) is 0 Å². The number of carbonyl (C=O) groups excluding carboxylic acids is 1. The SMILES string of the molecule is Cn1c(CNc2cccc(C(=O)N3c4ccccc4C34CCOCC4)c2)nnc1-c1ccncn1.[HH]. The quantitative estimate of drug-likeness (QED) is 0.475. The fourth-order valence-electron chi connectivity index (χ4n) is 5.10. The van der Waals surface area contributed by atoms with Crippen LogP contribution in [-0.4, -0.2) is 43.9 Å². The van der Waals surface area contributed by atoms with Crippen LogP contribution in [0.2, 0.25) is 0 Å². The number of rotatable bonds is 5. The van der Waals surface area contributed by atoms with Crippen molar-refractivity contribution in [2.45, 2.75) is 24.9 Å². The second kappa shape index (κ2) is 8.59. The van der Waals surface area contributed by atoms with Gasteiger partial charge in [0.15, 0.2) is 11.6 Å². The van der Waals surface area contributed by atoms with E-state index in [9.17, 15) is 4.79 Å². The second-order valence-corrected chi connectivity index (χ2v) is 8.83. The molecule has 6 rings (SSSR count). The van der Waals surface area contributed by atoms with E-state index in [2.05, 4.69) is 31.5 Å². The molecule has 1 amide bonds. The van der Waals surface area contributed by atoms with Gasteiger partial charge in [-0.3, -0.25) is 9.69 Å². The summed E-state index contributed by atoms with van der Waals surface area (Å²) in [7, 11) is 1.91. The minimum absolute atomic E-state index is 0. The number of anilines is 2. The summed E-state index contributed by atoms with van der Waals surface area (Å²) in [5, 5.41) is 11.9. The van der Waals surface area contributed by atoms with E-state index in [1.165, 1.54) is 11.9 Å². The Morgan fingerprint density at radius 1 is 1.11 bits per heavy atom. The van der Waals surface area contributed by atoms with Crippen LogP contribution in [0.1, 0.15) is 36.0 Å². The molecular weight excluding hydrogens is 442 g/mol. The van der Waals surface area contributed by atoms with Crippen LogP contribution in [-0.2, 0) is 23.9 Å². The van der Waals surface area contributed by atoms with Crippen LogP contribution in [0, 0.1) is 0 Å². The molecule has 9 heteroatoms. The minimum atomic E-state index is -0.272. The van der Waals surface area contributed by atoms with Crippen molar-refractivity contribution in [1.29, 1.82) is 0 Å². The summed E-state index contributed by atoms with van der Waals surface area (Å²) in [6.45, 7) is 1.78. The van der Waals surface area contributed by atoms with Gasteiger partial charge in [-0.1, -0.05) is 24.3 Å². The van der Waals surface area contributed by atoms with Gasteiger partial charge in [-0.05, 0) is 43.2 Å². The Morgan fingerprint density at radius 3 is 2.80 bits per heavy atom. The van der Waals surface area contributed by atoms with Crippen LogP contribution >= 0.6 is 0 Å². The van der Waals surface area contributed by atoms with Crippen LogP contribution in [0.15, 0.2) is 67.1 Å². The molecule has 1 spiro atoms. The minimum Gasteiger partial charge on any atom is -0.381 e. The predicted octanol–water partition coefficient (Wildman–Crippen LogP) is 3.80. The van der Waals surface area contributed by atoms with Gasteiger partial charge in [-0.15, -0.1) is 10.2 Å². The van der Waals surface area contributed by atoms with Crippen molar-refractivity contribution in [2.24, 2.45) is 7.05 Å². The van der Waals surface area contributed by atoms with E-state index in [1.54, 1.807) is 12.3 Å². The fraction of sp³-hybridized carbons (Fsp3) is 0.269. The van der Waals surface area contributed by atoms with Crippen molar-refractivity contribution >= 4 is 17.3 Å². The predicted molar refractivity (Wildman–Crippen MR) is 133 cm³/mol. The first kappa shape index (κ1) is 21.4. The van der Waals surface area contributed by atoms with Crippen molar-refractivity contribution < 1.29 is 11.0 Å². The van der Waals surface area contributed by atoms with Gasteiger partial charge in [0.05, 0.1) is 17.8 Å². The van der Waals surface area contributed by atoms with Gasteiger partial charge < -0.3 is 14.6 Å². The Balaban J connectivity index is 0.00000267. The Hall–Kier alpha value is -4.11. The molecule has 0 radical (unpaired) electrons. The number of nitrogens with one attached hydrogen (secondary N) is 1. The Kier molecular flexibility index (Phi) is 5.26. The van der Waals surface area contributed by atoms with Gasteiger partial charge in [0.2, 0.25) is 0 Å². The van der Waals surface area contributed by atoms with Gasteiger partial charge in [-0.2, -0.15) is 0 Å². The van der Waals surface area contributed by atoms with Crippen LogP contribution in [0.4, 0.5) is 11.4 Å². The molecule has 0 atom stereocenters. The van der Waals surface area contributed by atoms with Crippen molar-refractivity contribution in [3.05, 3.63) is 84.1 Å². The van der Waals surface area contributed by atoms with Crippen molar-refractivity contribution in [1.82, 2.24) is 24.7 Å². The summed E-state index contributed by atoms with van der Waals surface area (Å²) in [5.74, 6) is 1.44. The monoisotopic (exact) mass is 469 g/mol. The zero-order valence-electron chi connectivity index (χ0n) is 19.4. The largest absolute Gasteiger partial charge is 0.381 e. The summed E-state index contributed by atoms with van der Waals surface area (Å²) >= 11 is 0. The molecule has 35 heavy (non-hydrogen) atoms. The van der Waals surface area contributed by atoms with Crippen molar-refractivity contribution in [3.8, 4) is 11.5 Å². The molecule has 1 fully saturated rings. The Labute approximate surface area is 204 Å². The topological polar surface area (TPSA) is 98.1 Å². The molecule has 1 saturated heterocycles. The van der Waals surface area contributed by atoms with Gasteiger partial charge in [0, 0.05) is 44.7 Å². The lowest BCUT2D eigenvalue weighted by Gasteiger charge is -2.55. The molecule has 4 aromatic rings. The van der Waals surface area contributed by atoms with Gasteiger partial charge >= 0.3 is 0 Å². The summed E-state index contributed by atoms with van der Waals surface area (Å²) in [5.41, 5.74) is 4.17. The molecule has 2 aliphatic heterocycles. The summed E-state index contributed by atoms with van der Waals surface area (Å²) in [6, 6.07) is 17.6. The zero-order chi connectivity index (χ0) is 23.8. The number of carbonyl (C=O) groups is 1. The molecule has 4 heterocycles. The molecule has 0 aliphatic carbocycles. The molecule has 0 unspecified atom stereocenters. The number of benzene rings is 2. The maximum absolute atomic E-state index is 13.7. The Morgan fingerprint density at radius 2 is 1.97 bits per heavy atom. The highest BCUT2D eigenvalue weighted by Crippen LogP contribution is 2.53. The van der Waals surface area contributed by atoms with Crippen molar-refractivity contribution in [3.63, 3.8) is 0 Å². The summed E-state index contributed by atoms with van der Waals surface area (Å²) < 4.78 is 7.51. The normalized spacial score (nSPS) is 16.0. The molecule has 1 N–H and O–H groups in total. The van der Waals surface area contributed by atoms with Gasteiger partial charge in [0.1, 0.15) is 12.0 Å². The van der Waals surface area contributed by atoms with E-state index in [4.69, 9.17) is 4.74 Å². The van der Waals surface area contributed by atoms with E-state index >= 15 is 0 Å². The first-order chi connectivity index (χ1) is 17.2. The number of fused-ring (bicyclic) bond motifs is 2. The third-order valence-corrected chi connectivity index (χ3v) is 6.93. The average molecular weight is 470 g/mol. The van der Waals surface area contributed by atoms with Gasteiger partial charge in [0.25, 0.3) is 5.91 Å². The van der Waals surface area contributed by atoms with Crippen molar-refractivity contribution in [2.75, 3.05) is 23.4 Å². The van der Waals surface area contributed by atoms with E-state index in [-0.39, 0.29) is 12.9 Å². The summed E-state index contributed by atoms with van der Waals surface area (Å²) in [6.07, 6.45) is 4.80. The standard InChI is InChI=1S/C26H25N7O2.H2/c1-32-23(30-31-24(32)21-9-12-27-17-29-21)16-28-19-6-4-5-18(15-19)25(34)33-22-8-3-2-7-20(22)26(33)10-13-35-14-11-26;/h2-9,12,15,17,28H,10-11,13-14,16H2,1H3;1H. The third-order valence-electron chi connectivity index (χ3n) is 6.93.